The number of amides is 1. The smallest absolute Gasteiger partial charge is 0.416 e. The molecule has 1 amide bonds. The minimum absolute atomic E-state index is 0.0480. The van der Waals surface area contributed by atoms with Crippen LogP contribution in [0.15, 0.2) is 42.6 Å². The fraction of sp³-hybridized carbons (Fsp3) is 0.250. The van der Waals surface area contributed by atoms with E-state index in [0.717, 1.165) is 18.3 Å². The summed E-state index contributed by atoms with van der Waals surface area (Å²) in [6.45, 7) is 0.316. The molecule has 0 aliphatic carbocycles. The molecule has 1 fully saturated rings. The molecule has 3 rings (SSSR count). The van der Waals surface area contributed by atoms with Crippen molar-refractivity contribution in [2.45, 2.75) is 12.3 Å². The highest BCUT2D eigenvalue weighted by Gasteiger charge is 2.35. The van der Waals surface area contributed by atoms with Gasteiger partial charge in [0.2, 0.25) is 5.88 Å². The van der Waals surface area contributed by atoms with Gasteiger partial charge >= 0.3 is 6.18 Å². The molecule has 1 aliphatic heterocycles. The van der Waals surface area contributed by atoms with Crippen molar-refractivity contribution in [3.63, 3.8) is 0 Å². The second kappa shape index (κ2) is 6.10. The molecule has 0 saturated carbocycles. The van der Waals surface area contributed by atoms with Crippen LogP contribution in [0.2, 0.25) is 0 Å². The van der Waals surface area contributed by atoms with Crippen molar-refractivity contribution in [2.24, 2.45) is 0 Å². The minimum atomic E-state index is -4.48. The van der Waals surface area contributed by atoms with Crippen LogP contribution in [-0.2, 0) is 6.18 Å². The third-order valence-corrected chi connectivity index (χ3v) is 3.59. The van der Waals surface area contributed by atoms with E-state index in [4.69, 9.17) is 4.74 Å². The molecule has 0 unspecified atom stereocenters. The molecule has 24 heavy (non-hydrogen) atoms. The number of halogens is 4. The summed E-state index contributed by atoms with van der Waals surface area (Å²) in [6, 6.07) is 7.25. The van der Waals surface area contributed by atoms with E-state index in [1.54, 1.807) is 6.07 Å². The molecule has 0 N–H and O–H groups in total. The maximum Gasteiger partial charge on any atom is 0.416 e. The summed E-state index contributed by atoms with van der Waals surface area (Å²) in [5.74, 6) is -1.26. The first-order chi connectivity index (χ1) is 11.3. The van der Waals surface area contributed by atoms with Crippen molar-refractivity contribution in [3.05, 3.63) is 59.5 Å². The van der Waals surface area contributed by atoms with E-state index in [9.17, 15) is 22.4 Å². The third kappa shape index (κ3) is 3.32. The van der Waals surface area contributed by atoms with Gasteiger partial charge in [0.15, 0.2) is 0 Å². The zero-order valence-electron chi connectivity index (χ0n) is 12.3. The first-order valence-corrected chi connectivity index (χ1v) is 7.08. The molecule has 0 atom stereocenters. The van der Waals surface area contributed by atoms with Gasteiger partial charge in [0, 0.05) is 12.3 Å². The third-order valence-electron chi connectivity index (χ3n) is 3.59. The molecule has 1 aromatic carbocycles. The number of hydrogen-bond donors (Lipinski definition) is 0. The quantitative estimate of drug-likeness (QED) is 0.806. The number of nitrogens with zero attached hydrogens (tertiary/aromatic N) is 2. The van der Waals surface area contributed by atoms with Gasteiger partial charge in [0.25, 0.3) is 5.91 Å². The van der Waals surface area contributed by atoms with Crippen molar-refractivity contribution in [2.75, 3.05) is 13.1 Å². The van der Waals surface area contributed by atoms with Gasteiger partial charge in [-0.15, -0.1) is 0 Å². The van der Waals surface area contributed by atoms with E-state index in [1.165, 1.54) is 23.1 Å². The van der Waals surface area contributed by atoms with E-state index < -0.39 is 29.6 Å². The normalized spacial score (nSPS) is 15.1. The highest BCUT2D eigenvalue weighted by atomic mass is 19.4. The number of carbonyl (C=O) groups is 1. The molecule has 0 radical (unpaired) electrons. The van der Waals surface area contributed by atoms with Crippen LogP contribution in [0.4, 0.5) is 17.6 Å². The number of pyridine rings is 1. The topological polar surface area (TPSA) is 42.4 Å². The van der Waals surface area contributed by atoms with Crippen LogP contribution < -0.4 is 4.74 Å². The molecular formula is C16H12F4N2O2. The Hall–Kier alpha value is -2.64. The Morgan fingerprint density at radius 2 is 1.92 bits per heavy atom. The maximum atomic E-state index is 13.6. The van der Waals surface area contributed by atoms with E-state index in [-0.39, 0.29) is 24.5 Å². The van der Waals surface area contributed by atoms with Gasteiger partial charge in [-0.05, 0) is 18.2 Å². The molecule has 0 bridgehead atoms. The first kappa shape index (κ1) is 16.2. The fourth-order valence-corrected chi connectivity index (χ4v) is 2.30. The number of rotatable bonds is 3. The Morgan fingerprint density at radius 1 is 1.21 bits per heavy atom. The van der Waals surface area contributed by atoms with Crippen LogP contribution in [0.1, 0.15) is 15.9 Å². The largest absolute Gasteiger partial charge is 0.471 e. The van der Waals surface area contributed by atoms with Crippen LogP contribution in [-0.4, -0.2) is 35.0 Å². The average Bonchev–Trinajstić information content (AvgIpc) is 2.50. The number of hydrogen-bond acceptors (Lipinski definition) is 3. The summed E-state index contributed by atoms with van der Waals surface area (Å²) in [5.41, 5.74) is -0.903. The number of aromatic nitrogens is 1. The standard InChI is InChI=1S/C16H12F4N2O2/c17-13-4-2-1-3-12(13)15(23)22-8-11(9-22)24-14-7-10(5-6-21-14)16(18,19)20/h1-7,11H,8-9H2. The second-order valence-corrected chi connectivity index (χ2v) is 5.31. The van der Waals surface area contributed by atoms with Crippen LogP contribution >= 0.6 is 0 Å². The van der Waals surface area contributed by atoms with E-state index >= 15 is 0 Å². The monoisotopic (exact) mass is 340 g/mol. The Balaban J connectivity index is 1.60. The summed E-state index contributed by atoms with van der Waals surface area (Å²) in [4.78, 5) is 17.2. The predicted molar refractivity (Wildman–Crippen MR) is 76.0 cm³/mol. The summed E-state index contributed by atoms with van der Waals surface area (Å²) >= 11 is 0. The average molecular weight is 340 g/mol. The van der Waals surface area contributed by atoms with Gasteiger partial charge in [0.05, 0.1) is 24.2 Å². The lowest BCUT2D eigenvalue weighted by Gasteiger charge is -2.38. The first-order valence-electron chi connectivity index (χ1n) is 7.08. The molecule has 1 saturated heterocycles. The van der Waals surface area contributed by atoms with Gasteiger partial charge in [-0.25, -0.2) is 9.37 Å². The van der Waals surface area contributed by atoms with Crippen molar-refractivity contribution >= 4 is 5.91 Å². The lowest BCUT2D eigenvalue weighted by molar-refractivity contribution is -0.137. The van der Waals surface area contributed by atoms with Gasteiger partial charge in [-0.3, -0.25) is 4.79 Å². The molecule has 8 heteroatoms. The second-order valence-electron chi connectivity index (χ2n) is 5.31. The van der Waals surface area contributed by atoms with Crippen molar-refractivity contribution in [1.29, 1.82) is 0 Å². The van der Waals surface area contributed by atoms with Gasteiger partial charge in [-0.1, -0.05) is 12.1 Å². The summed E-state index contributed by atoms with van der Waals surface area (Å²) in [5, 5.41) is 0. The molecule has 1 aromatic heterocycles. The number of likely N-dealkylation sites (tertiary alicyclic amines) is 1. The molecule has 4 nitrogen and oxygen atoms in total. The number of carbonyl (C=O) groups excluding carboxylic acids is 1. The molecule has 2 aromatic rings. The summed E-state index contributed by atoms with van der Waals surface area (Å²) < 4.78 is 56.8. The van der Waals surface area contributed by atoms with Gasteiger partial charge in [0.1, 0.15) is 11.9 Å². The van der Waals surface area contributed by atoms with Crippen molar-refractivity contribution in [1.82, 2.24) is 9.88 Å². The lowest BCUT2D eigenvalue weighted by Crippen LogP contribution is -2.56. The maximum absolute atomic E-state index is 13.6. The molecule has 2 heterocycles. The van der Waals surface area contributed by atoms with E-state index in [2.05, 4.69) is 4.98 Å². The van der Waals surface area contributed by atoms with Gasteiger partial charge < -0.3 is 9.64 Å². The highest BCUT2D eigenvalue weighted by molar-refractivity contribution is 5.95. The zero-order chi connectivity index (χ0) is 17.3. The Morgan fingerprint density at radius 3 is 2.58 bits per heavy atom. The Labute approximate surface area is 134 Å². The predicted octanol–water partition coefficient (Wildman–Crippen LogP) is 3.14. The Bertz CT molecular complexity index is 758. The van der Waals surface area contributed by atoms with Gasteiger partial charge in [-0.2, -0.15) is 13.2 Å². The molecule has 1 aliphatic rings. The number of alkyl halides is 3. The fourth-order valence-electron chi connectivity index (χ4n) is 2.30. The molecule has 0 spiro atoms. The SMILES string of the molecule is O=C(c1ccccc1F)N1CC(Oc2cc(C(F)(F)F)ccn2)C1. The summed E-state index contributed by atoms with van der Waals surface area (Å²) in [7, 11) is 0. The van der Waals surface area contributed by atoms with Crippen LogP contribution in [0.25, 0.3) is 0 Å². The molecule has 126 valence electrons. The van der Waals surface area contributed by atoms with E-state index in [1.807, 2.05) is 0 Å². The number of ether oxygens (including phenoxy) is 1. The zero-order valence-corrected chi connectivity index (χ0v) is 12.3. The number of benzene rings is 1. The van der Waals surface area contributed by atoms with Crippen LogP contribution in [0, 0.1) is 5.82 Å². The van der Waals surface area contributed by atoms with E-state index in [0.29, 0.717) is 0 Å². The Kier molecular flexibility index (Phi) is 4.13. The molecular weight excluding hydrogens is 328 g/mol. The van der Waals surface area contributed by atoms with Crippen molar-refractivity contribution < 1.29 is 27.1 Å². The van der Waals surface area contributed by atoms with Crippen LogP contribution in [0.3, 0.4) is 0 Å². The lowest BCUT2D eigenvalue weighted by atomic mass is 10.1. The van der Waals surface area contributed by atoms with Crippen LogP contribution in [0.5, 0.6) is 5.88 Å². The summed E-state index contributed by atoms with van der Waals surface area (Å²) in [6.07, 6.45) is -3.94. The van der Waals surface area contributed by atoms with Crippen molar-refractivity contribution in [3.8, 4) is 5.88 Å². The highest BCUT2D eigenvalue weighted by Crippen LogP contribution is 2.31. The minimum Gasteiger partial charge on any atom is -0.471 e.